The van der Waals surface area contributed by atoms with Crippen molar-refractivity contribution in [3.63, 3.8) is 0 Å². The Morgan fingerprint density at radius 1 is 0.750 bits per heavy atom. The summed E-state index contributed by atoms with van der Waals surface area (Å²) in [5.41, 5.74) is 5.94. The second kappa shape index (κ2) is 6.09. The third kappa shape index (κ3) is 2.39. The first-order valence-corrected chi connectivity index (χ1v) is 9.21. The summed E-state index contributed by atoms with van der Waals surface area (Å²) in [5, 5.41) is 1.91. The summed E-state index contributed by atoms with van der Waals surface area (Å²) < 4.78 is 17.4. The van der Waals surface area contributed by atoms with Gasteiger partial charge in [0.25, 0.3) is 0 Å². The molecule has 0 atom stereocenters. The molecule has 5 rings (SSSR count). The zero-order chi connectivity index (χ0) is 19.4. The van der Waals surface area contributed by atoms with E-state index < -0.39 is 0 Å². The number of methoxy groups -OCH3 is 2. The molecule has 0 saturated heterocycles. The molecular formula is C23H20N2O3. The fraction of sp³-hybridized carbons (Fsp3) is 0.217. The van der Waals surface area contributed by atoms with Crippen molar-refractivity contribution in [2.24, 2.45) is 0 Å². The Balaban J connectivity index is 1.81. The summed E-state index contributed by atoms with van der Waals surface area (Å²) in [7, 11) is 3.33. The van der Waals surface area contributed by atoms with E-state index in [1.807, 2.05) is 50.2 Å². The van der Waals surface area contributed by atoms with Crippen molar-refractivity contribution >= 4 is 21.8 Å². The van der Waals surface area contributed by atoms with Crippen LogP contribution in [0.5, 0.6) is 23.0 Å². The average Bonchev–Trinajstić information content (AvgIpc) is 2.73. The van der Waals surface area contributed by atoms with Gasteiger partial charge in [0.1, 0.15) is 23.0 Å². The smallest absolute Gasteiger partial charge is 0.142 e. The van der Waals surface area contributed by atoms with Gasteiger partial charge in [-0.25, -0.2) is 0 Å². The predicted octanol–water partition coefficient (Wildman–Crippen LogP) is 5.11. The van der Waals surface area contributed by atoms with Crippen molar-refractivity contribution in [1.82, 2.24) is 9.97 Å². The van der Waals surface area contributed by atoms with Crippen LogP contribution < -0.4 is 14.2 Å². The topological polar surface area (TPSA) is 53.5 Å². The molecule has 0 N–H and O–H groups in total. The number of hydrogen-bond acceptors (Lipinski definition) is 5. The minimum atomic E-state index is 0.739. The number of benzene rings is 2. The fourth-order valence-corrected chi connectivity index (χ4v) is 3.92. The molecule has 4 aromatic rings. The highest BCUT2D eigenvalue weighted by atomic mass is 16.5. The Hall–Kier alpha value is -3.34. The van der Waals surface area contributed by atoms with Crippen LogP contribution in [-0.4, -0.2) is 24.2 Å². The van der Waals surface area contributed by atoms with E-state index in [-0.39, 0.29) is 0 Å². The summed E-state index contributed by atoms with van der Waals surface area (Å²) in [6, 6.07) is 11.8. The lowest BCUT2D eigenvalue weighted by Crippen LogP contribution is -2.10. The Labute approximate surface area is 162 Å². The minimum absolute atomic E-state index is 0.739. The maximum atomic E-state index is 6.57. The summed E-state index contributed by atoms with van der Waals surface area (Å²) in [4.78, 5) is 9.56. The van der Waals surface area contributed by atoms with Crippen LogP contribution >= 0.6 is 0 Å². The van der Waals surface area contributed by atoms with Crippen molar-refractivity contribution in [2.75, 3.05) is 14.2 Å². The second-order valence-corrected chi connectivity index (χ2v) is 7.05. The molecule has 28 heavy (non-hydrogen) atoms. The number of fused-ring (bicyclic) bond motifs is 6. The molecule has 1 aliphatic rings. The third-order valence-corrected chi connectivity index (χ3v) is 5.45. The van der Waals surface area contributed by atoms with Crippen molar-refractivity contribution in [3.8, 4) is 23.0 Å². The van der Waals surface area contributed by atoms with Gasteiger partial charge in [0.15, 0.2) is 0 Å². The van der Waals surface area contributed by atoms with Gasteiger partial charge in [-0.1, -0.05) is 0 Å². The van der Waals surface area contributed by atoms with E-state index >= 15 is 0 Å². The zero-order valence-electron chi connectivity index (χ0n) is 16.3. The van der Waals surface area contributed by atoms with Gasteiger partial charge in [0.05, 0.1) is 25.3 Å². The lowest BCUT2D eigenvalue weighted by Gasteiger charge is -2.25. The van der Waals surface area contributed by atoms with Gasteiger partial charge >= 0.3 is 0 Å². The van der Waals surface area contributed by atoms with Crippen LogP contribution in [0.25, 0.3) is 21.8 Å². The number of nitrogens with zero attached hydrogens (tertiary/aromatic N) is 2. The summed E-state index contributed by atoms with van der Waals surface area (Å²) >= 11 is 0. The van der Waals surface area contributed by atoms with E-state index in [4.69, 9.17) is 24.2 Å². The normalized spacial score (nSPS) is 12.4. The van der Waals surface area contributed by atoms with E-state index in [9.17, 15) is 0 Å². The first kappa shape index (κ1) is 16.8. The molecule has 0 aliphatic carbocycles. The first-order chi connectivity index (χ1) is 13.6. The van der Waals surface area contributed by atoms with Crippen LogP contribution in [-0.2, 0) is 6.42 Å². The van der Waals surface area contributed by atoms with Gasteiger partial charge in [-0.15, -0.1) is 0 Å². The number of pyridine rings is 2. The van der Waals surface area contributed by atoms with Gasteiger partial charge in [0, 0.05) is 39.7 Å². The van der Waals surface area contributed by atoms with Gasteiger partial charge in [-0.05, 0) is 50.2 Å². The molecule has 2 aromatic heterocycles. The Morgan fingerprint density at radius 3 is 1.64 bits per heavy atom. The molecule has 0 saturated carbocycles. The lowest BCUT2D eigenvalue weighted by atomic mass is 9.94. The molecule has 0 bridgehead atoms. The molecule has 0 spiro atoms. The number of aromatic nitrogens is 2. The number of aryl methyl sites for hydroxylation is 2. The molecule has 3 heterocycles. The monoisotopic (exact) mass is 372 g/mol. The van der Waals surface area contributed by atoms with Crippen molar-refractivity contribution in [2.45, 2.75) is 20.3 Å². The van der Waals surface area contributed by atoms with Crippen LogP contribution in [0.1, 0.15) is 22.5 Å². The maximum Gasteiger partial charge on any atom is 0.142 e. The van der Waals surface area contributed by atoms with Crippen molar-refractivity contribution in [1.29, 1.82) is 0 Å². The third-order valence-electron chi connectivity index (χ3n) is 5.45. The van der Waals surface area contributed by atoms with E-state index in [0.29, 0.717) is 0 Å². The average molecular weight is 372 g/mol. The van der Waals surface area contributed by atoms with Gasteiger partial charge in [-0.2, -0.15) is 0 Å². The molecule has 0 amide bonds. The SMILES string of the molecule is COc1ccc2nc(C)c3c(c2c1)Oc1c(c(C)nc2ccc(OC)cc12)C3. The van der Waals surface area contributed by atoms with E-state index in [0.717, 1.165) is 73.7 Å². The van der Waals surface area contributed by atoms with Crippen LogP contribution in [0, 0.1) is 13.8 Å². The highest BCUT2D eigenvalue weighted by Gasteiger charge is 2.26. The Bertz CT molecular complexity index is 1170. The van der Waals surface area contributed by atoms with Crippen LogP contribution in [0.3, 0.4) is 0 Å². The molecule has 140 valence electrons. The summed E-state index contributed by atoms with van der Waals surface area (Å²) in [5.74, 6) is 3.27. The van der Waals surface area contributed by atoms with Crippen molar-refractivity contribution < 1.29 is 14.2 Å². The van der Waals surface area contributed by atoms with Gasteiger partial charge < -0.3 is 14.2 Å². The molecule has 5 heteroatoms. The zero-order valence-corrected chi connectivity index (χ0v) is 16.3. The Morgan fingerprint density at radius 2 is 1.21 bits per heavy atom. The maximum absolute atomic E-state index is 6.57. The van der Waals surface area contributed by atoms with Crippen LogP contribution in [0.4, 0.5) is 0 Å². The quantitative estimate of drug-likeness (QED) is 0.431. The van der Waals surface area contributed by atoms with Crippen LogP contribution in [0.2, 0.25) is 0 Å². The summed E-state index contributed by atoms with van der Waals surface area (Å²) in [6.45, 7) is 4.06. The van der Waals surface area contributed by atoms with E-state index in [2.05, 4.69) is 0 Å². The largest absolute Gasteiger partial charge is 0.497 e. The Kier molecular flexibility index (Phi) is 3.66. The van der Waals surface area contributed by atoms with Gasteiger partial charge in [0.2, 0.25) is 0 Å². The highest BCUT2D eigenvalue weighted by Crippen LogP contribution is 2.46. The minimum Gasteiger partial charge on any atom is -0.497 e. The highest BCUT2D eigenvalue weighted by molar-refractivity contribution is 5.93. The van der Waals surface area contributed by atoms with Crippen LogP contribution in [0.15, 0.2) is 36.4 Å². The molecule has 0 unspecified atom stereocenters. The lowest BCUT2D eigenvalue weighted by molar-refractivity contribution is 0.414. The molecular weight excluding hydrogens is 352 g/mol. The van der Waals surface area contributed by atoms with Gasteiger partial charge in [-0.3, -0.25) is 9.97 Å². The number of ether oxygens (including phenoxy) is 3. The number of rotatable bonds is 2. The standard InChI is InChI=1S/C23H20N2O3/c1-12-16-11-17-13(2)25-21-8-6-15(27-4)10-19(21)23(17)28-22(16)18-9-14(26-3)5-7-20(18)24-12/h5-10H,11H2,1-4H3. The predicted molar refractivity (Wildman–Crippen MR) is 109 cm³/mol. The van der Waals surface area contributed by atoms with E-state index in [1.54, 1.807) is 14.2 Å². The fourth-order valence-electron chi connectivity index (χ4n) is 3.92. The molecule has 0 fully saturated rings. The number of hydrogen-bond donors (Lipinski definition) is 0. The first-order valence-electron chi connectivity index (χ1n) is 9.21. The molecule has 1 aliphatic heterocycles. The van der Waals surface area contributed by atoms with E-state index in [1.165, 1.54) is 0 Å². The summed E-state index contributed by atoms with van der Waals surface area (Å²) in [6.07, 6.45) is 0.739. The molecule has 0 radical (unpaired) electrons. The molecule has 5 nitrogen and oxygen atoms in total. The molecule has 2 aromatic carbocycles. The van der Waals surface area contributed by atoms with Crippen molar-refractivity contribution in [3.05, 3.63) is 58.9 Å². The second-order valence-electron chi connectivity index (χ2n) is 7.05.